The number of carbonyl (C=O) groups excluding carboxylic acids is 1. The highest BCUT2D eigenvalue weighted by atomic mass is 16.6. The summed E-state index contributed by atoms with van der Waals surface area (Å²) >= 11 is 0. The molecule has 0 radical (unpaired) electrons. The largest absolute Gasteiger partial charge is 0.455 e. The molecule has 0 saturated heterocycles. The van der Waals surface area contributed by atoms with Gasteiger partial charge in [-0.3, -0.25) is 4.79 Å². The second-order valence-corrected chi connectivity index (χ2v) is 3.20. The van der Waals surface area contributed by atoms with Crippen molar-refractivity contribution >= 4 is 5.91 Å². The van der Waals surface area contributed by atoms with Crippen LogP contribution in [0.5, 0.6) is 5.75 Å². The molecule has 0 aliphatic heterocycles. The highest BCUT2D eigenvalue weighted by Crippen LogP contribution is 2.16. The molecule has 3 N–H and O–H groups in total. The van der Waals surface area contributed by atoms with Gasteiger partial charge in [0, 0.05) is 0 Å². The maximum Gasteiger partial charge on any atom is 0.286 e. The fourth-order valence-corrected chi connectivity index (χ4v) is 1.19. The predicted octanol–water partition coefficient (Wildman–Crippen LogP) is 0.486. The van der Waals surface area contributed by atoms with Gasteiger partial charge in [0.25, 0.3) is 12.2 Å². The van der Waals surface area contributed by atoms with Crippen molar-refractivity contribution in [1.82, 2.24) is 0 Å². The molecular formula is C10H13NO3. The molecule has 0 aromatic heterocycles. The number of aryl methyl sites for hydroxylation is 2. The Bertz CT molecular complexity index is 329. The molecule has 1 amide bonds. The van der Waals surface area contributed by atoms with E-state index in [-0.39, 0.29) is 0 Å². The molecule has 76 valence electrons. The molecule has 0 aliphatic carbocycles. The molecule has 0 heterocycles. The molecule has 4 heteroatoms. The first-order chi connectivity index (χ1) is 6.49. The van der Waals surface area contributed by atoms with Crippen LogP contribution in [0.4, 0.5) is 0 Å². The van der Waals surface area contributed by atoms with Crippen molar-refractivity contribution in [2.24, 2.45) is 5.73 Å². The number of nitrogens with two attached hydrogens (primary N) is 1. The molecule has 0 bridgehead atoms. The Morgan fingerprint density at radius 1 is 1.36 bits per heavy atom. The number of aliphatic hydroxyl groups is 1. The van der Waals surface area contributed by atoms with Gasteiger partial charge in [-0.25, -0.2) is 0 Å². The summed E-state index contributed by atoms with van der Waals surface area (Å²) in [5.41, 5.74) is 6.84. The van der Waals surface area contributed by atoms with Crippen LogP contribution in [0.1, 0.15) is 11.1 Å². The maximum absolute atomic E-state index is 10.5. The van der Waals surface area contributed by atoms with Crippen LogP contribution in [0.2, 0.25) is 0 Å². The number of amides is 1. The molecule has 1 unspecified atom stereocenters. The van der Waals surface area contributed by atoms with E-state index in [0.29, 0.717) is 5.75 Å². The van der Waals surface area contributed by atoms with E-state index in [0.717, 1.165) is 11.1 Å². The van der Waals surface area contributed by atoms with Gasteiger partial charge in [-0.1, -0.05) is 6.07 Å². The average Bonchev–Trinajstić information content (AvgIpc) is 2.01. The Labute approximate surface area is 82.3 Å². The van der Waals surface area contributed by atoms with Crippen LogP contribution in [0.15, 0.2) is 18.2 Å². The number of ether oxygens (including phenoxy) is 1. The van der Waals surface area contributed by atoms with E-state index in [1.165, 1.54) is 0 Å². The summed E-state index contributed by atoms with van der Waals surface area (Å²) in [5, 5.41) is 9.06. The van der Waals surface area contributed by atoms with Gasteiger partial charge in [-0.2, -0.15) is 0 Å². The monoisotopic (exact) mass is 195 g/mol. The highest BCUT2D eigenvalue weighted by Gasteiger charge is 2.12. The number of hydrogen-bond donors (Lipinski definition) is 2. The number of hydrogen-bond acceptors (Lipinski definition) is 3. The second kappa shape index (κ2) is 4.11. The molecular weight excluding hydrogens is 182 g/mol. The lowest BCUT2D eigenvalue weighted by molar-refractivity contribution is -0.139. The van der Waals surface area contributed by atoms with Gasteiger partial charge in [0.05, 0.1) is 0 Å². The summed E-state index contributed by atoms with van der Waals surface area (Å²) in [6.45, 7) is 3.80. The van der Waals surface area contributed by atoms with Crippen molar-refractivity contribution in [2.75, 3.05) is 0 Å². The molecule has 0 fully saturated rings. The summed E-state index contributed by atoms with van der Waals surface area (Å²) in [6.07, 6.45) is -1.59. The standard InChI is InChI=1S/C10H13NO3/c1-6-3-7(2)5-8(4-6)14-10(13)9(11)12/h3-5,10,13H,1-2H3,(H2,11,12). The smallest absolute Gasteiger partial charge is 0.286 e. The average molecular weight is 195 g/mol. The normalized spacial score (nSPS) is 12.2. The van der Waals surface area contributed by atoms with Crippen molar-refractivity contribution in [1.29, 1.82) is 0 Å². The number of primary amides is 1. The molecule has 1 atom stereocenters. The number of carbonyl (C=O) groups is 1. The van der Waals surface area contributed by atoms with Crippen LogP contribution >= 0.6 is 0 Å². The molecule has 4 nitrogen and oxygen atoms in total. The topological polar surface area (TPSA) is 72.6 Å². The Morgan fingerprint density at radius 3 is 2.29 bits per heavy atom. The van der Waals surface area contributed by atoms with Crippen LogP contribution in [0.25, 0.3) is 0 Å². The summed E-state index contributed by atoms with van der Waals surface area (Å²) in [5.74, 6) is -0.460. The van der Waals surface area contributed by atoms with Gasteiger partial charge in [0.2, 0.25) is 0 Å². The third kappa shape index (κ3) is 2.74. The molecule has 1 aromatic rings. The third-order valence-corrected chi connectivity index (χ3v) is 1.69. The van der Waals surface area contributed by atoms with E-state index >= 15 is 0 Å². The van der Waals surface area contributed by atoms with E-state index < -0.39 is 12.2 Å². The van der Waals surface area contributed by atoms with Crippen LogP contribution in [-0.2, 0) is 4.79 Å². The third-order valence-electron chi connectivity index (χ3n) is 1.69. The SMILES string of the molecule is Cc1cc(C)cc(OC(O)C(N)=O)c1. The number of benzene rings is 1. The predicted molar refractivity (Wildman–Crippen MR) is 51.7 cm³/mol. The van der Waals surface area contributed by atoms with Gasteiger partial charge in [-0.15, -0.1) is 0 Å². The zero-order valence-electron chi connectivity index (χ0n) is 8.15. The van der Waals surface area contributed by atoms with Crippen molar-refractivity contribution in [3.63, 3.8) is 0 Å². The van der Waals surface area contributed by atoms with Crippen LogP contribution < -0.4 is 10.5 Å². The van der Waals surface area contributed by atoms with Crippen LogP contribution in [0, 0.1) is 13.8 Å². The summed E-state index contributed by atoms with van der Waals surface area (Å²) in [7, 11) is 0. The fraction of sp³-hybridized carbons (Fsp3) is 0.300. The lowest BCUT2D eigenvalue weighted by Gasteiger charge is -2.11. The van der Waals surface area contributed by atoms with Crippen molar-refractivity contribution in [3.05, 3.63) is 29.3 Å². The van der Waals surface area contributed by atoms with Crippen LogP contribution in [0.3, 0.4) is 0 Å². The minimum absolute atomic E-state index is 0.439. The summed E-state index contributed by atoms with van der Waals surface area (Å²) in [4.78, 5) is 10.5. The minimum atomic E-state index is -1.59. The van der Waals surface area contributed by atoms with E-state index in [4.69, 9.17) is 15.6 Å². The lowest BCUT2D eigenvalue weighted by Crippen LogP contribution is -2.33. The minimum Gasteiger partial charge on any atom is -0.455 e. The Morgan fingerprint density at radius 2 is 1.86 bits per heavy atom. The first-order valence-electron chi connectivity index (χ1n) is 4.21. The van der Waals surface area contributed by atoms with Crippen molar-refractivity contribution in [3.8, 4) is 5.75 Å². The van der Waals surface area contributed by atoms with Gasteiger partial charge >= 0.3 is 0 Å². The molecule has 0 saturated carbocycles. The zero-order valence-corrected chi connectivity index (χ0v) is 8.15. The zero-order chi connectivity index (χ0) is 10.7. The lowest BCUT2D eigenvalue weighted by atomic mass is 10.1. The Balaban J connectivity index is 2.81. The molecule has 0 spiro atoms. The van der Waals surface area contributed by atoms with Gasteiger partial charge in [-0.05, 0) is 37.1 Å². The Kier molecular flexibility index (Phi) is 3.09. The fourth-order valence-electron chi connectivity index (χ4n) is 1.19. The van der Waals surface area contributed by atoms with Crippen molar-refractivity contribution < 1.29 is 14.6 Å². The first-order valence-corrected chi connectivity index (χ1v) is 4.21. The highest BCUT2D eigenvalue weighted by molar-refractivity contribution is 5.77. The summed E-state index contributed by atoms with van der Waals surface area (Å²) in [6, 6.07) is 5.40. The molecule has 0 aliphatic rings. The molecule has 1 aromatic carbocycles. The van der Waals surface area contributed by atoms with Gasteiger partial charge < -0.3 is 15.6 Å². The van der Waals surface area contributed by atoms with Crippen molar-refractivity contribution in [2.45, 2.75) is 20.1 Å². The molecule has 1 rings (SSSR count). The van der Waals surface area contributed by atoms with E-state index in [1.807, 2.05) is 19.9 Å². The Hall–Kier alpha value is -1.55. The van der Waals surface area contributed by atoms with E-state index in [1.54, 1.807) is 12.1 Å². The summed E-state index contributed by atoms with van der Waals surface area (Å²) < 4.78 is 4.92. The number of aliphatic hydroxyl groups excluding tert-OH is 1. The molecule has 14 heavy (non-hydrogen) atoms. The second-order valence-electron chi connectivity index (χ2n) is 3.20. The number of rotatable bonds is 3. The first kappa shape index (κ1) is 10.5. The van der Waals surface area contributed by atoms with Crippen LogP contribution in [-0.4, -0.2) is 17.3 Å². The van der Waals surface area contributed by atoms with E-state index in [2.05, 4.69) is 0 Å². The van der Waals surface area contributed by atoms with Gasteiger partial charge in [0.15, 0.2) is 0 Å². The quantitative estimate of drug-likeness (QED) is 0.689. The van der Waals surface area contributed by atoms with E-state index in [9.17, 15) is 4.79 Å². The van der Waals surface area contributed by atoms with Gasteiger partial charge in [0.1, 0.15) is 5.75 Å². The maximum atomic E-state index is 10.5.